The Hall–Kier alpha value is -2.46. The van der Waals surface area contributed by atoms with E-state index in [1.165, 1.54) is 39.4 Å². The number of hydrogen-bond donors (Lipinski definition) is 2. The van der Waals surface area contributed by atoms with Gasteiger partial charge < -0.3 is 5.73 Å². The van der Waals surface area contributed by atoms with Crippen LogP contribution in [0, 0.1) is 3.57 Å². The molecule has 2 aromatic heterocycles. The van der Waals surface area contributed by atoms with E-state index < -0.39 is 32.6 Å². The molecule has 0 spiro atoms. The molecule has 176 valence electrons. The van der Waals surface area contributed by atoms with E-state index in [2.05, 4.69) is 19.9 Å². The van der Waals surface area contributed by atoms with E-state index in [1.807, 2.05) is 0 Å². The second-order valence-corrected chi connectivity index (χ2v) is 10.3. The predicted octanol–water partition coefficient (Wildman–Crippen LogP) is 4.10. The van der Waals surface area contributed by atoms with Gasteiger partial charge in [0, 0.05) is 15.8 Å². The number of pyridine rings is 1. The van der Waals surface area contributed by atoms with Gasteiger partial charge in [0.25, 0.3) is 15.9 Å². The Labute approximate surface area is 204 Å². The van der Waals surface area contributed by atoms with Crippen molar-refractivity contribution >= 4 is 55.8 Å². The lowest BCUT2D eigenvalue weighted by Crippen LogP contribution is -2.20. The van der Waals surface area contributed by atoms with Crippen LogP contribution in [0.25, 0.3) is 11.5 Å². The molecule has 3 N–H and O–H groups in total. The van der Waals surface area contributed by atoms with Gasteiger partial charge in [-0.3, -0.25) is 14.1 Å². The SMILES string of the molecule is CC(C)n1c(C(N)=O)nnc1-c1ncc(Cl)cc1NS(=O)(=O)c1ccc(I)c(C(F)(F)F)c1. The molecule has 1 aromatic carbocycles. The first-order valence-corrected chi connectivity index (χ1v) is 12.0. The first kappa shape index (κ1) is 25.2. The van der Waals surface area contributed by atoms with Crippen LogP contribution in [0.2, 0.25) is 5.02 Å². The Morgan fingerprint density at radius 1 is 1.24 bits per heavy atom. The lowest BCUT2D eigenvalue weighted by Gasteiger charge is -2.16. The molecule has 0 aliphatic rings. The van der Waals surface area contributed by atoms with Crippen LogP contribution in [-0.4, -0.2) is 34.1 Å². The smallest absolute Gasteiger partial charge is 0.363 e. The van der Waals surface area contributed by atoms with Gasteiger partial charge in [-0.15, -0.1) is 10.2 Å². The molecule has 15 heteroatoms. The number of nitrogens with one attached hydrogen (secondary N) is 1. The number of nitrogens with zero attached hydrogens (tertiary/aromatic N) is 4. The zero-order valence-electron chi connectivity index (χ0n) is 16.9. The summed E-state index contributed by atoms with van der Waals surface area (Å²) in [6.07, 6.45) is -3.53. The number of amides is 1. The number of aromatic nitrogens is 4. The van der Waals surface area contributed by atoms with E-state index in [4.69, 9.17) is 17.3 Å². The third kappa shape index (κ3) is 5.22. The molecule has 0 radical (unpaired) electrons. The monoisotopic (exact) mass is 614 g/mol. The molecule has 9 nitrogen and oxygen atoms in total. The fourth-order valence-electron chi connectivity index (χ4n) is 2.90. The third-order valence-electron chi connectivity index (χ3n) is 4.30. The molecule has 33 heavy (non-hydrogen) atoms. The second-order valence-electron chi connectivity index (χ2n) is 6.97. The minimum atomic E-state index is -4.75. The first-order valence-electron chi connectivity index (χ1n) is 9.02. The van der Waals surface area contributed by atoms with Gasteiger partial charge >= 0.3 is 6.18 Å². The maximum absolute atomic E-state index is 13.3. The van der Waals surface area contributed by atoms with Crippen molar-refractivity contribution in [3.05, 3.63) is 50.4 Å². The van der Waals surface area contributed by atoms with Gasteiger partial charge in [-0.05, 0) is 60.7 Å². The van der Waals surface area contributed by atoms with Crippen LogP contribution in [0.15, 0.2) is 35.4 Å². The second kappa shape index (κ2) is 9.06. The summed E-state index contributed by atoms with van der Waals surface area (Å²) in [6, 6.07) is 3.46. The molecule has 3 rings (SSSR count). The summed E-state index contributed by atoms with van der Waals surface area (Å²) in [4.78, 5) is 15.2. The highest BCUT2D eigenvalue weighted by atomic mass is 127. The van der Waals surface area contributed by atoms with Gasteiger partial charge in [0.2, 0.25) is 5.82 Å². The number of nitrogens with two attached hydrogens (primary N) is 1. The lowest BCUT2D eigenvalue weighted by atomic mass is 10.2. The predicted molar refractivity (Wildman–Crippen MR) is 122 cm³/mol. The molecule has 0 bridgehead atoms. The van der Waals surface area contributed by atoms with Crippen molar-refractivity contribution in [2.45, 2.75) is 31.0 Å². The van der Waals surface area contributed by atoms with Gasteiger partial charge in [-0.1, -0.05) is 11.6 Å². The van der Waals surface area contributed by atoms with Crippen molar-refractivity contribution in [3.8, 4) is 11.5 Å². The quantitative estimate of drug-likeness (QED) is 0.402. The number of primary amides is 1. The van der Waals surface area contributed by atoms with E-state index in [1.54, 1.807) is 13.8 Å². The fourth-order valence-corrected chi connectivity index (χ4v) is 4.78. The average molecular weight is 615 g/mol. The normalized spacial score (nSPS) is 12.2. The van der Waals surface area contributed by atoms with Crippen LogP contribution < -0.4 is 10.5 Å². The standard InChI is InChI=1S/C18H15ClF3IN6O3S/c1-8(2)29-16(26-27-17(29)15(24)30)14-13(5-9(19)7-25-14)28-33(31,32)10-3-4-12(23)11(6-10)18(20,21)22/h3-8,28H,1-2H3,(H2,24,30). The molecule has 0 saturated heterocycles. The topological polar surface area (TPSA) is 133 Å². The Balaban J connectivity index is 2.14. The van der Waals surface area contributed by atoms with E-state index in [9.17, 15) is 26.4 Å². The summed E-state index contributed by atoms with van der Waals surface area (Å²) in [5.74, 6) is -1.04. The molecule has 0 saturated carbocycles. The van der Waals surface area contributed by atoms with E-state index >= 15 is 0 Å². The number of hydrogen-bond acceptors (Lipinski definition) is 6. The third-order valence-corrected chi connectivity index (χ3v) is 6.81. The van der Waals surface area contributed by atoms with E-state index in [-0.39, 0.29) is 37.7 Å². The molecule has 1 amide bonds. The van der Waals surface area contributed by atoms with Gasteiger partial charge in [0.05, 0.1) is 21.2 Å². The number of carbonyl (C=O) groups is 1. The average Bonchev–Trinajstić information content (AvgIpc) is 3.12. The minimum Gasteiger partial charge on any atom is -0.363 e. The van der Waals surface area contributed by atoms with E-state index in [0.29, 0.717) is 6.07 Å². The number of sulfonamides is 1. The molecular formula is C18H15ClF3IN6O3S. The molecule has 0 unspecified atom stereocenters. The van der Waals surface area contributed by atoms with Crippen molar-refractivity contribution in [1.29, 1.82) is 0 Å². The minimum absolute atomic E-state index is 0.00626. The van der Waals surface area contributed by atoms with Crippen LogP contribution in [0.5, 0.6) is 0 Å². The zero-order chi connectivity index (χ0) is 24.7. The number of anilines is 1. The van der Waals surface area contributed by atoms with Crippen molar-refractivity contribution < 1.29 is 26.4 Å². The Kier molecular flexibility index (Phi) is 6.91. The summed E-state index contributed by atoms with van der Waals surface area (Å²) in [5.41, 5.74) is 4.00. The highest BCUT2D eigenvalue weighted by molar-refractivity contribution is 14.1. The van der Waals surface area contributed by atoms with Gasteiger partial charge in [-0.25, -0.2) is 13.4 Å². The first-order chi connectivity index (χ1) is 15.2. The van der Waals surface area contributed by atoms with Crippen molar-refractivity contribution in [3.63, 3.8) is 0 Å². The largest absolute Gasteiger partial charge is 0.417 e. The van der Waals surface area contributed by atoms with Crippen LogP contribution in [0.3, 0.4) is 0 Å². The molecule has 0 atom stereocenters. The van der Waals surface area contributed by atoms with Crippen LogP contribution in [0.1, 0.15) is 36.1 Å². The van der Waals surface area contributed by atoms with Crippen molar-refractivity contribution in [2.24, 2.45) is 5.73 Å². The van der Waals surface area contributed by atoms with Crippen LogP contribution in [0.4, 0.5) is 18.9 Å². The van der Waals surface area contributed by atoms with Crippen LogP contribution in [-0.2, 0) is 16.2 Å². The lowest BCUT2D eigenvalue weighted by molar-refractivity contribution is -0.138. The molecule has 2 heterocycles. The van der Waals surface area contributed by atoms with Crippen LogP contribution >= 0.6 is 34.2 Å². The Morgan fingerprint density at radius 3 is 2.48 bits per heavy atom. The molecule has 0 fully saturated rings. The van der Waals surface area contributed by atoms with Crippen molar-refractivity contribution in [2.75, 3.05) is 4.72 Å². The summed E-state index contributed by atoms with van der Waals surface area (Å²) in [7, 11) is -4.50. The number of alkyl halides is 3. The van der Waals surface area contributed by atoms with Crippen molar-refractivity contribution in [1.82, 2.24) is 19.7 Å². The maximum atomic E-state index is 13.3. The number of benzene rings is 1. The Bertz CT molecular complexity index is 1340. The number of carbonyl (C=O) groups excluding carboxylic acids is 1. The Morgan fingerprint density at radius 2 is 1.91 bits per heavy atom. The van der Waals surface area contributed by atoms with Gasteiger partial charge in [-0.2, -0.15) is 13.2 Å². The van der Waals surface area contributed by atoms with Gasteiger partial charge in [0.1, 0.15) is 5.69 Å². The summed E-state index contributed by atoms with van der Waals surface area (Å²) >= 11 is 7.45. The molecular weight excluding hydrogens is 600 g/mol. The summed E-state index contributed by atoms with van der Waals surface area (Å²) < 4.78 is 69.1. The fraction of sp³-hybridized carbons (Fsp3) is 0.222. The highest BCUT2D eigenvalue weighted by Crippen LogP contribution is 2.35. The van der Waals surface area contributed by atoms with E-state index in [0.717, 1.165) is 12.1 Å². The summed E-state index contributed by atoms with van der Waals surface area (Å²) in [6.45, 7) is 3.42. The molecule has 0 aliphatic carbocycles. The molecule has 0 aliphatic heterocycles. The summed E-state index contributed by atoms with van der Waals surface area (Å²) in [5, 5.41) is 7.69. The molecule has 3 aromatic rings. The maximum Gasteiger partial charge on any atom is 0.417 e. The number of halogens is 5. The highest BCUT2D eigenvalue weighted by Gasteiger charge is 2.34. The van der Waals surface area contributed by atoms with Gasteiger partial charge in [0.15, 0.2) is 5.82 Å². The number of rotatable bonds is 6. The zero-order valence-corrected chi connectivity index (χ0v) is 20.6.